The molecule has 3 rings (SSSR count). The molecule has 0 N–H and O–H groups in total. The number of piperidine rings is 1. The fourth-order valence-corrected chi connectivity index (χ4v) is 3.51. The van der Waals surface area contributed by atoms with Crippen LogP contribution in [0.25, 0.3) is 0 Å². The van der Waals surface area contributed by atoms with Crippen LogP contribution in [0.2, 0.25) is 5.02 Å². The predicted octanol–water partition coefficient (Wildman–Crippen LogP) is 4.33. The zero-order valence-corrected chi connectivity index (χ0v) is 16.7. The van der Waals surface area contributed by atoms with E-state index in [1.54, 1.807) is 30.0 Å². The maximum Gasteiger partial charge on any atom is 0.310 e. The minimum absolute atomic E-state index is 0.135. The van der Waals surface area contributed by atoms with Crippen LogP contribution in [-0.4, -0.2) is 36.5 Å². The van der Waals surface area contributed by atoms with Gasteiger partial charge in [-0.25, -0.2) is 0 Å². The van der Waals surface area contributed by atoms with Crippen molar-refractivity contribution >= 4 is 23.5 Å². The predicted molar refractivity (Wildman–Crippen MR) is 107 cm³/mol. The molecule has 28 heavy (non-hydrogen) atoms. The molecular weight excluding hydrogens is 378 g/mol. The first-order valence-electron chi connectivity index (χ1n) is 9.51. The monoisotopic (exact) mass is 401 g/mol. The summed E-state index contributed by atoms with van der Waals surface area (Å²) >= 11 is 6.19. The fourth-order valence-electron chi connectivity index (χ4n) is 3.32. The number of hydrogen-bond donors (Lipinski definition) is 0. The molecule has 1 atom stereocenters. The molecule has 1 aliphatic heterocycles. The number of rotatable bonds is 6. The van der Waals surface area contributed by atoms with Gasteiger partial charge in [0.15, 0.2) is 0 Å². The van der Waals surface area contributed by atoms with Crippen molar-refractivity contribution in [2.24, 2.45) is 5.92 Å². The Morgan fingerprint density at radius 1 is 1.14 bits per heavy atom. The van der Waals surface area contributed by atoms with Gasteiger partial charge in [0.2, 0.25) is 0 Å². The van der Waals surface area contributed by atoms with Crippen LogP contribution in [0, 0.1) is 5.92 Å². The molecule has 5 nitrogen and oxygen atoms in total. The standard InChI is InChI=1S/C22H24ClNO4/c1-2-27-22(26)16-9-7-13-24(14-16)21(25)18-10-4-6-12-20(18)28-15-17-8-3-5-11-19(17)23/h3-6,8,10-12,16H,2,7,9,13-15H2,1H3/t16-/m0/s1. The number of benzene rings is 2. The SMILES string of the molecule is CCOC(=O)[C@H]1CCCN(C(=O)c2ccccc2OCc2ccccc2Cl)C1. The molecule has 1 aliphatic rings. The molecule has 0 aromatic heterocycles. The lowest BCUT2D eigenvalue weighted by atomic mass is 9.97. The average molecular weight is 402 g/mol. The highest BCUT2D eigenvalue weighted by Crippen LogP contribution is 2.26. The minimum atomic E-state index is -0.270. The quantitative estimate of drug-likeness (QED) is 0.676. The third-order valence-electron chi connectivity index (χ3n) is 4.79. The molecular formula is C22H24ClNO4. The average Bonchev–Trinajstić information content (AvgIpc) is 2.73. The van der Waals surface area contributed by atoms with Crippen molar-refractivity contribution < 1.29 is 19.1 Å². The maximum atomic E-state index is 13.1. The molecule has 1 amide bonds. The summed E-state index contributed by atoms with van der Waals surface area (Å²) in [6, 6.07) is 14.6. The molecule has 6 heteroatoms. The van der Waals surface area contributed by atoms with Gasteiger partial charge in [-0.05, 0) is 38.0 Å². The van der Waals surface area contributed by atoms with Crippen LogP contribution in [0.5, 0.6) is 5.75 Å². The summed E-state index contributed by atoms with van der Waals surface area (Å²) in [5, 5.41) is 0.625. The first kappa shape index (κ1) is 20.2. The van der Waals surface area contributed by atoms with Crippen LogP contribution in [-0.2, 0) is 16.1 Å². The molecule has 2 aromatic carbocycles. The van der Waals surface area contributed by atoms with Crippen LogP contribution >= 0.6 is 11.6 Å². The summed E-state index contributed by atoms with van der Waals surface area (Å²) in [5.41, 5.74) is 1.34. The van der Waals surface area contributed by atoms with Gasteiger partial charge in [-0.3, -0.25) is 9.59 Å². The lowest BCUT2D eigenvalue weighted by Gasteiger charge is -2.32. The zero-order valence-electron chi connectivity index (χ0n) is 15.9. The second-order valence-electron chi connectivity index (χ2n) is 6.72. The van der Waals surface area contributed by atoms with E-state index < -0.39 is 0 Å². The minimum Gasteiger partial charge on any atom is -0.488 e. The lowest BCUT2D eigenvalue weighted by molar-refractivity contribution is -0.149. The summed E-state index contributed by atoms with van der Waals surface area (Å²) in [6.07, 6.45) is 1.52. The van der Waals surface area contributed by atoms with Crippen molar-refractivity contribution in [1.29, 1.82) is 0 Å². The molecule has 2 aromatic rings. The number of halogens is 1. The van der Waals surface area contributed by atoms with E-state index in [0.29, 0.717) is 36.0 Å². The number of ether oxygens (including phenoxy) is 2. The van der Waals surface area contributed by atoms with Gasteiger partial charge in [-0.2, -0.15) is 0 Å². The van der Waals surface area contributed by atoms with E-state index in [-0.39, 0.29) is 24.4 Å². The summed E-state index contributed by atoms with van der Waals surface area (Å²) < 4.78 is 11.0. The van der Waals surface area contributed by atoms with Gasteiger partial charge in [0.05, 0.1) is 18.1 Å². The highest BCUT2D eigenvalue weighted by molar-refractivity contribution is 6.31. The van der Waals surface area contributed by atoms with E-state index in [1.165, 1.54) is 0 Å². The highest BCUT2D eigenvalue weighted by atomic mass is 35.5. The number of amides is 1. The van der Waals surface area contributed by atoms with Crippen molar-refractivity contribution in [1.82, 2.24) is 4.90 Å². The first-order valence-corrected chi connectivity index (χ1v) is 9.89. The Hall–Kier alpha value is -2.53. The number of carbonyl (C=O) groups is 2. The van der Waals surface area contributed by atoms with Gasteiger partial charge >= 0.3 is 5.97 Å². The third-order valence-corrected chi connectivity index (χ3v) is 5.16. The van der Waals surface area contributed by atoms with Gasteiger partial charge in [0, 0.05) is 23.7 Å². The number of carbonyl (C=O) groups excluding carboxylic acids is 2. The van der Waals surface area contributed by atoms with Gasteiger partial charge in [0.1, 0.15) is 12.4 Å². The molecule has 1 saturated heterocycles. The number of esters is 1. The number of hydrogen-bond acceptors (Lipinski definition) is 4. The number of para-hydroxylation sites is 1. The lowest BCUT2D eigenvalue weighted by Crippen LogP contribution is -2.42. The molecule has 0 aliphatic carbocycles. The van der Waals surface area contributed by atoms with E-state index in [2.05, 4.69) is 0 Å². The molecule has 0 saturated carbocycles. The second kappa shape index (κ2) is 9.60. The largest absolute Gasteiger partial charge is 0.488 e. The summed E-state index contributed by atoms with van der Waals surface area (Å²) in [7, 11) is 0. The van der Waals surface area contributed by atoms with E-state index in [0.717, 1.165) is 18.4 Å². The summed E-state index contributed by atoms with van der Waals surface area (Å²) in [4.78, 5) is 26.9. The Labute approximate surface area is 170 Å². The van der Waals surface area contributed by atoms with Crippen molar-refractivity contribution in [2.75, 3.05) is 19.7 Å². The zero-order chi connectivity index (χ0) is 19.9. The molecule has 0 radical (unpaired) electrons. The van der Waals surface area contributed by atoms with Crippen molar-refractivity contribution in [2.45, 2.75) is 26.4 Å². The van der Waals surface area contributed by atoms with Gasteiger partial charge in [-0.1, -0.05) is 41.9 Å². The normalized spacial score (nSPS) is 16.5. The van der Waals surface area contributed by atoms with E-state index in [1.807, 2.05) is 30.3 Å². The Balaban J connectivity index is 1.72. The second-order valence-corrected chi connectivity index (χ2v) is 7.13. The van der Waals surface area contributed by atoms with Gasteiger partial charge < -0.3 is 14.4 Å². The van der Waals surface area contributed by atoms with Crippen molar-refractivity contribution in [3.05, 3.63) is 64.7 Å². The highest BCUT2D eigenvalue weighted by Gasteiger charge is 2.30. The molecule has 0 bridgehead atoms. The van der Waals surface area contributed by atoms with E-state index >= 15 is 0 Å². The van der Waals surface area contributed by atoms with Crippen LogP contribution in [0.1, 0.15) is 35.7 Å². The van der Waals surface area contributed by atoms with E-state index in [9.17, 15) is 9.59 Å². The molecule has 0 unspecified atom stereocenters. The third kappa shape index (κ3) is 4.84. The van der Waals surface area contributed by atoms with Gasteiger partial charge in [-0.15, -0.1) is 0 Å². The molecule has 1 heterocycles. The Bertz CT molecular complexity index is 839. The van der Waals surface area contributed by atoms with Crippen molar-refractivity contribution in [3.63, 3.8) is 0 Å². The Kier molecular flexibility index (Phi) is 6.93. The Morgan fingerprint density at radius 2 is 1.89 bits per heavy atom. The molecule has 1 fully saturated rings. The smallest absolute Gasteiger partial charge is 0.310 e. The first-order chi connectivity index (χ1) is 13.6. The number of nitrogens with zero attached hydrogens (tertiary/aromatic N) is 1. The summed E-state index contributed by atoms with van der Waals surface area (Å²) in [6.45, 7) is 3.40. The van der Waals surface area contributed by atoms with Crippen LogP contribution in [0.4, 0.5) is 0 Å². The topological polar surface area (TPSA) is 55.8 Å². The molecule has 0 spiro atoms. The van der Waals surface area contributed by atoms with Crippen molar-refractivity contribution in [3.8, 4) is 5.75 Å². The van der Waals surface area contributed by atoms with Crippen LogP contribution < -0.4 is 4.74 Å². The summed E-state index contributed by atoms with van der Waals surface area (Å²) in [5.74, 6) is -0.133. The molecule has 148 valence electrons. The maximum absolute atomic E-state index is 13.1. The van der Waals surface area contributed by atoms with Gasteiger partial charge in [0.25, 0.3) is 5.91 Å². The Morgan fingerprint density at radius 3 is 2.68 bits per heavy atom. The number of likely N-dealkylation sites (tertiary alicyclic amines) is 1. The fraction of sp³-hybridized carbons (Fsp3) is 0.364. The van der Waals surface area contributed by atoms with Crippen LogP contribution in [0.3, 0.4) is 0 Å². The van der Waals surface area contributed by atoms with E-state index in [4.69, 9.17) is 21.1 Å². The van der Waals surface area contributed by atoms with Crippen LogP contribution in [0.15, 0.2) is 48.5 Å².